The highest BCUT2D eigenvalue weighted by Crippen LogP contribution is 2.45. The average molecular weight is 521 g/mol. The number of carbonyl (C=O) groups is 1. The highest BCUT2D eigenvalue weighted by Gasteiger charge is 2.52. The van der Waals surface area contributed by atoms with Crippen molar-refractivity contribution < 1.29 is 9.53 Å². The van der Waals surface area contributed by atoms with E-state index >= 15 is 0 Å². The van der Waals surface area contributed by atoms with E-state index in [1.165, 1.54) is 0 Å². The Morgan fingerprint density at radius 3 is 2.53 bits per heavy atom. The van der Waals surface area contributed by atoms with E-state index in [4.69, 9.17) is 40.2 Å². The number of nitrogens with one attached hydrogen (secondary N) is 1. The van der Waals surface area contributed by atoms with E-state index < -0.39 is 17.7 Å². The van der Waals surface area contributed by atoms with Crippen LogP contribution in [0.15, 0.2) is 42.6 Å². The van der Waals surface area contributed by atoms with Gasteiger partial charge in [0.1, 0.15) is 11.3 Å². The predicted molar refractivity (Wildman–Crippen MR) is 140 cm³/mol. The lowest BCUT2D eigenvalue weighted by atomic mass is 9.75. The molecule has 1 saturated heterocycles. The Labute approximate surface area is 217 Å². The van der Waals surface area contributed by atoms with Crippen LogP contribution in [0.1, 0.15) is 64.1 Å². The fourth-order valence-electron chi connectivity index (χ4n) is 5.41. The summed E-state index contributed by atoms with van der Waals surface area (Å²) in [6.07, 6.45) is 4.21. The molecule has 2 aromatic rings. The van der Waals surface area contributed by atoms with E-state index in [0.717, 1.165) is 30.4 Å². The number of benzene rings is 1. The summed E-state index contributed by atoms with van der Waals surface area (Å²) in [6, 6.07) is 10.7. The molecule has 1 aromatic heterocycles. The predicted octanol–water partition coefficient (Wildman–Crippen LogP) is 7.13. The third-order valence-electron chi connectivity index (χ3n) is 7.31. The van der Waals surface area contributed by atoms with Crippen LogP contribution in [0.5, 0.6) is 0 Å². The molecule has 1 aromatic carbocycles. The molecule has 5 atom stereocenters. The number of halogens is 2. The number of aromatic nitrogens is 1. The van der Waals surface area contributed by atoms with E-state index in [2.05, 4.69) is 31.1 Å². The van der Waals surface area contributed by atoms with Crippen molar-refractivity contribution in [3.05, 3.63) is 63.9 Å². The van der Waals surface area contributed by atoms with Crippen molar-refractivity contribution >= 4 is 46.6 Å². The zero-order valence-corrected chi connectivity index (χ0v) is 22.3. The summed E-state index contributed by atoms with van der Waals surface area (Å²) < 4.78 is 6.21. The Hall–Kier alpha value is -1.89. The second-order valence-corrected chi connectivity index (χ2v) is 11.3. The van der Waals surface area contributed by atoms with Gasteiger partial charge in [-0.05, 0) is 79.1 Å². The maximum atomic E-state index is 13.7. The van der Waals surface area contributed by atoms with Crippen LogP contribution in [0.4, 0.5) is 4.79 Å². The van der Waals surface area contributed by atoms with Gasteiger partial charge in [0.05, 0.1) is 11.6 Å². The van der Waals surface area contributed by atoms with Gasteiger partial charge in [-0.1, -0.05) is 68.6 Å². The molecule has 1 unspecified atom stereocenters. The minimum absolute atomic E-state index is 0.134. The van der Waals surface area contributed by atoms with E-state index in [1.807, 2.05) is 37.3 Å². The second kappa shape index (κ2) is 10.00. The molecule has 182 valence electrons. The first kappa shape index (κ1) is 25.2. The second-order valence-electron chi connectivity index (χ2n) is 10.1. The normalized spacial score (nSPS) is 29.3. The smallest absolute Gasteiger partial charge is 0.417 e. The molecule has 2 aliphatic rings. The molecule has 0 radical (unpaired) electrons. The summed E-state index contributed by atoms with van der Waals surface area (Å²) in [7, 11) is 0. The topological polar surface area (TPSA) is 54.5 Å². The molecule has 2 heterocycles. The van der Waals surface area contributed by atoms with Crippen molar-refractivity contribution in [2.45, 2.75) is 64.6 Å². The van der Waals surface area contributed by atoms with Crippen molar-refractivity contribution in [2.24, 2.45) is 17.8 Å². The van der Waals surface area contributed by atoms with Crippen LogP contribution in [0.2, 0.25) is 10.2 Å². The standard InChI is InChI=1S/C26H31Cl2N3O2S/c1-15(2)20-11-5-16(3)13-21(20)33-25(32)31-23(17-6-12-22(28)29-14-17)26(4,30-24(31)34)18-7-9-19(27)10-8-18/h6-10,12,14-16,20-21,23H,5,11,13H2,1-4H3,(H,30,34)/t16-,20+,21?,23-,26+/m1/s1. The first-order valence-corrected chi connectivity index (χ1v) is 13.0. The molecule has 1 saturated carbocycles. The number of hydrogen-bond acceptors (Lipinski definition) is 4. The Morgan fingerprint density at radius 1 is 1.21 bits per heavy atom. The lowest BCUT2D eigenvalue weighted by molar-refractivity contribution is -0.00701. The number of amides is 1. The fourth-order valence-corrected chi connectivity index (χ4v) is 6.04. The Morgan fingerprint density at radius 2 is 1.91 bits per heavy atom. The molecule has 1 amide bonds. The van der Waals surface area contributed by atoms with Gasteiger partial charge in [-0.15, -0.1) is 0 Å². The van der Waals surface area contributed by atoms with Crippen LogP contribution < -0.4 is 5.32 Å². The lowest BCUT2D eigenvalue weighted by Crippen LogP contribution is -2.43. The summed E-state index contributed by atoms with van der Waals surface area (Å²) in [5, 5.41) is 4.74. The average Bonchev–Trinajstić information content (AvgIpc) is 3.05. The molecule has 2 fully saturated rings. The third kappa shape index (κ3) is 4.91. The van der Waals surface area contributed by atoms with Crippen LogP contribution in [0.3, 0.4) is 0 Å². The Bertz CT molecular complexity index is 1050. The summed E-state index contributed by atoms with van der Waals surface area (Å²) in [4.78, 5) is 19.6. The van der Waals surface area contributed by atoms with E-state index in [-0.39, 0.29) is 6.10 Å². The molecule has 1 aliphatic heterocycles. The quantitative estimate of drug-likeness (QED) is 0.343. The van der Waals surface area contributed by atoms with Crippen LogP contribution in [-0.2, 0) is 10.3 Å². The monoisotopic (exact) mass is 519 g/mol. The number of hydrogen-bond donors (Lipinski definition) is 1. The van der Waals surface area contributed by atoms with Gasteiger partial charge in [0.25, 0.3) is 0 Å². The molecule has 0 bridgehead atoms. The SMILES string of the molecule is CC(C)[C@@H]1CC[C@@H](C)CC1OC(=O)N1C(=S)N[C@@](C)(c2ccc(Cl)cc2)[C@H]1c1ccc(Cl)nc1. The van der Waals surface area contributed by atoms with Crippen molar-refractivity contribution in [3.8, 4) is 0 Å². The van der Waals surface area contributed by atoms with Gasteiger partial charge in [-0.25, -0.2) is 14.7 Å². The van der Waals surface area contributed by atoms with E-state index in [0.29, 0.717) is 33.0 Å². The molecule has 0 spiro atoms. The summed E-state index contributed by atoms with van der Waals surface area (Å²) in [5.74, 6) is 1.29. The Kier molecular flexibility index (Phi) is 7.41. The van der Waals surface area contributed by atoms with Crippen LogP contribution >= 0.6 is 35.4 Å². The number of thiocarbonyl (C=S) groups is 1. The first-order valence-electron chi connectivity index (χ1n) is 11.8. The third-order valence-corrected chi connectivity index (χ3v) is 8.08. The number of carbonyl (C=O) groups excluding carboxylic acids is 1. The molecular formula is C26H31Cl2N3O2S. The largest absolute Gasteiger partial charge is 0.445 e. The van der Waals surface area contributed by atoms with Gasteiger partial charge in [0.15, 0.2) is 5.11 Å². The van der Waals surface area contributed by atoms with Gasteiger partial charge >= 0.3 is 6.09 Å². The van der Waals surface area contributed by atoms with Gasteiger partial charge in [-0.3, -0.25) is 0 Å². The molecule has 1 aliphatic carbocycles. The zero-order valence-electron chi connectivity index (χ0n) is 19.9. The number of pyridine rings is 1. The summed E-state index contributed by atoms with van der Waals surface area (Å²) in [6.45, 7) is 8.64. The van der Waals surface area contributed by atoms with Crippen molar-refractivity contribution in [2.75, 3.05) is 0 Å². The number of rotatable bonds is 4. The maximum Gasteiger partial charge on any atom is 0.417 e. The molecule has 34 heavy (non-hydrogen) atoms. The van der Waals surface area contributed by atoms with Gasteiger partial charge in [0, 0.05) is 11.2 Å². The minimum atomic E-state index is -0.715. The van der Waals surface area contributed by atoms with E-state index in [9.17, 15) is 4.79 Å². The molecule has 8 heteroatoms. The van der Waals surface area contributed by atoms with Crippen LogP contribution in [0, 0.1) is 17.8 Å². The van der Waals surface area contributed by atoms with Crippen molar-refractivity contribution in [1.82, 2.24) is 15.2 Å². The van der Waals surface area contributed by atoms with Crippen LogP contribution in [-0.4, -0.2) is 27.2 Å². The molecule has 4 rings (SSSR count). The number of nitrogens with zero attached hydrogens (tertiary/aromatic N) is 2. The summed E-state index contributed by atoms with van der Waals surface area (Å²) in [5.41, 5.74) is 1.04. The van der Waals surface area contributed by atoms with Crippen LogP contribution in [0.25, 0.3) is 0 Å². The molecular weight excluding hydrogens is 489 g/mol. The highest BCUT2D eigenvalue weighted by atomic mass is 35.5. The van der Waals surface area contributed by atoms with Crippen molar-refractivity contribution in [1.29, 1.82) is 0 Å². The molecule has 1 N–H and O–H groups in total. The minimum Gasteiger partial charge on any atom is -0.445 e. The van der Waals surface area contributed by atoms with Gasteiger partial charge < -0.3 is 10.1 Å². The maximum absolute atomic E-state index is 13.7. The fraction of sp³-hybridized carbons (Fsp3) is 0.500. The number of ether oxygens (including phenoxy) is 1. The lowest BCUT2D eigenvalue weighted by Gasteiger charge is -2.38. The van der Waals surface area contributed by atoms with E-state index in [1.54, 1.807) is 17.2 Å². The van der Waals surface area contributed by atoms with Gasteiger partial charge in [0.2, 0.25) is 0 Å². The molecule has 5 nitrogen and oxygen atoms in total. The van der Waals surface area contributed by atoms with Crippen molar-refractivity contribution in [3.63, 3.8) is 0 Å². The Balaban J connectivity index is 1.71. The zero-order chi connectivity index (χ0) is 24.6. The summed E-state index contributed by atoms with van der Waals surface area (Å²) >= 11 is 17.9. The highest BCUT2D eigenvalue weighted by molar-refractivity contribution is 7.80. The first-order chi connectivity index (χ1) is 16.1. The van der Waals surface area contributed by atoms with Gasteiger partial charge in [-0.2, -0.15) is 0 Å².